The highest BCUT2D eigenvalue weighted by molar-refractivity contribution is 6.07. The minimum Gasteiger partial charge on any atom is -0.491 e. The van der Waals surface area contributed by atoms with Gasteiger partial charge in [0.2, 0.25) is 0 Å². The summed E-state index contributed by atoms with van der Waals surface area (Å²) in [5, 5.41) is 13.6. The quantitative estimate of drug-likeness (QED) is 0.675. The van der Waals surface area contributed by atoms with E-state index in [0.717, 1.165) is 0 Å². The van der Waals surface area contributed by atoms with Gasteiger partial charge in [-0.2, -0.15) is 0 Å². The summed E-state index contributed by atoms with van der Waals surface area (Å²) in [7, 11) is 0. The number of carbonyl (C=O) groups is 1. The second kappa shape index (κ2) is 6.71. The van der Waals surface area contributed by atoms with Crippen molar-refractivity contribution in [2.24, 2.45) is 0 Å². The average Bonchev–Trinajstić information content (AvgIpc) is 2.48. The normalized spacial score (nSPS) is 10.3. The second-order valence-electron chi connectivity index (χ2n) is 4.92. The first-order valence-corrected chi connectivity index (χ1v) is 6.79. The van der Waals surface area contributed by atoms with Gasteiger partial charge in [0.1, 0.15) is 11.3 Å². The fourth-order valence-corrected chi connectivity index (χ4v) is 1.91. The van der Waals surface area contributed by atoms with Crippen molar-refractivity contribution in [1.29, 1.82) is 0 Å². The number of rotatable bonds is 5. The largest absolute Gasteiger partial charge is 0.491 e. The van der Waals surface area contributed by atoms with Crippen LogP contribution in [-0.4, -0.2) is 16.9 Å². The molecule has 0 atom stereocenters. The van der Waals surface area contributed by atoms with Gasteiger partial charge in [0, 0.05) is 11.8 Å². The first kappa shape index (κ1) is 15.5. The van der Waals surface area contributed by atoms with E-state index < -0.39 is 10.8 Å². The number of hydrogen-bond acceptors (Lipinski definition) is 4. The fourth-order valence-electron chi connectivity index (χ4n) is 1.91. The molecule has 0 saturated heterocycles. The molecule has 0 fully saturated rings. The number of carbonyl (C=O) groups excluding carboxylic acids is 1. The van der Waals surface area contributed by atoms with Gasteiger partial charge in [-0.3, -0.25) is 14.9 Å². The lowest BCUT2D eigenvalue weighted by Crippen LogP contribution is -2.13. The summed E-state index contributed by atoms with van der Waals surface area (Å²) < 4.78 is 5.51. The summed E-state index contributed by atoms with van der Waals surface area (Å²) in [6.45, 7) is 3.84. The van der Waals surface area contributed by atoms with Crippen LogP contribution in [0.5, 0.6) is 5.75 Å². The third kappa shape index (κ3) is 3.82. The van der Waals surface area contributed by atoms with Crippen molar-refractivity contribution in [2.45, 2.75) is 20.0 Å². The van der Waals surface area contributed by atoms with Crippen LogP contribution >= 0.6 is 0 Å². The Balaban J connectivity index is 2.14. The molecule has 2 aromatic rings. The van der Waals surface area contributed by atoms with Gasteiger partial charge < -0.3 is 10.1 Å². The van der Waals surface area contributed by atoms with Gasteiger partial charge in [-0.15, -0.1) is 0 Å². The second-order valence-corrected chi connectivity index (χ2v) is 4.92. The summed E-state index contributed by atoms with van der Waals surface area (Å²) >= 11 is 0. The number of benzene rings is 2. The van der Waals surface area contributed by atoms with Gasteiger partial charge in [0.25, 0.3) is 11.6 Å². The number of ether oxygens (including phenoxy) is 1. The van der Waals surface area contributed by atoms with Crippen LogP contribution in [0.4, 0.5) is 11.4 Å². The highest BCUT2D eigenvalue weighted by Crippen LogP contribution is 2.21. The Kier molecular flexibility index (Phi) is 4.73. The first-order valence-electron chi connectivity index (χ1n) is 6.79. The number of nitro groups is 1. The van der Waals surface area contributed by atoms with Crippen LogP contribution < -0.4 is 10.1 Å². The Morgan fingerprint density at radius 3 is 2.36 bits per heavy atom. The van der Waals surface area contributed by atoms with Gasteiger partial charge in [-0.25, -0.2) is 0 Å². The number of nitro benzene ring substituents is 1. The van der Waals surface area contributed by atoms with Crippen LogP contribution in [0.3, 0.4) is 0 Å². The molecule has 0 saturated carbocycles. The number of hydrogen-bond donors (Lipinski definition) is 1. The molecular weight excluding hydrogens is 284 g/mol. The zero-order valence-corrected chi connectivity index (χ0v) is 12.3. The monoisotopic (exact) mass is 300 g/mol. The summed E-state index contributed by atoms with van der Waals surface area (Å²) in [5.41, 5.74) is 0.342. The molecule has 2 rings (SSSR count). The van der Waals surface area contributed by atoms with E-state index in [1.807, 2.05) is 13.8 Å². The molecule has 0 aliphatic carbocycles. The molecular formula is C16H16N2O4. The van der Waals surface area contributed by atoms with Crippen LogP contribution in [0, 0.1) is 10.1 Å². The molecule has 0 aliphatic heterocycles. The molecule has 114 valence electrons. The molecule has 0 aromatic heterocycles. The molecule has 6 nitrogen and oxygen atoms in total. The Labute approximate surface area is 127 Å². The predicted octanol–water partition coefficient (Wildman–Crippen LogP) is 3.63. The topological polar surface area (TPSA) is 81.5 Å². The Morgan fingerprint density at radius 2 is 1.77 bits per heavy atom. The van der Waals surface area contributed by atoms with E-state index in [1.54, 1.807) is 30.3 Å². The van der Waals surface area contributed by atoms with E-state index in [9.17, 15) is 14.9 Å². The summed E-state index contributed by atoms with van der Waals surface area (Å²) in [6.07, 6.45) is 0.0624. The van der Waals surface area contributed by atoms with E-state index in [1.165, 1.54) is 18.2 Å². The van der Waals surface area contributed by atoms with Gasteiger partial charge in [0.05, 0.1) is 11.0 Å². The molecule has 1 amide bonds. The third-order valence-corrected chi connectivity index (χ3v) is 2.83. The number of amides is 1. The smallest absolute Gasteiger partial charge is 0.282 e. The molecule has 22 heavy (non-hydrogen) atoms. The molecule has 0 aliphatic rings. The highest BCUT2D eigenvalue weighted by atomic mass is 16.6. The predicted molar refractivity (Wildman–Crippen MR) is 83.3 cm³/mol. The maximum atomic E-state index is 12.2. The fraction of sp³-hybridized carbons (Fsp3) is 0.188. The van der Waals surface area contributed by atoms with E-state index in [0.29, 0.717) is 11.4 Å². The molecule has 0 heterocycles. The van der Waals surface area contributed by atoms with Crippen molar-refractivity contribution in [2.75, 3.05) is 5.32 Å². The van der Waals surface area contributed by atoms with Gasteiger partial charge in [0.15, 0.2) is 0 Å². The van der Waals surface area contributed by atoms with Crippen molar-refractivity contribution in [3.8, 4) is 5.75 Å². The van der Waals surface area contributed by atoms with Crippen molar-refractivity contribution < 1.29 is 14.5 Å². The van der Waals surface area contributed by atoms with Crippen LogP contribution in [0.15, 0.2) is 48.5 Å². The number of nitrogens with zero attached hydrogens (tertiary/aromatic N) is 1. The Morgan fingerprint density at radius 1 is 1.14 bits per heavy atom. The lowest BCUT2D eigenvalue weighted by molar-refractivity contribution is -0.385. The molecule has 0 unspecified atom stereocenters. The Bertz CT molecular complexity index is 681. The molecule has 1 N–H and O–H groups in total. The summed E-state index contributed by atoms with van der Waals surface area (Å²) in [5.74, 6) is 0.170. The maximum absolute atomic E-state index is 12.2. The van der Waals surface area contributed by atoms with Crippen molar-refractivity contribution in [3.05, 3.63) is 64.2 Å². The third-order valence-electron chi connectivity index (χ3n) is 2.83. The zero-order valence-electron chi connectivity index (χ0n) is 12.3. The van der Waals surface area contributed by atoms with Gasteiger partial charge in [-0.05, 0) is 44.2 Å². The van der Waals surface area contributed by atoms with E-state index in [-0.39, 0.29) is 17.4 Å². The van der Waals surface area contributed by atoms with Crippen molar-refractivity contribution in [3.63, 3.8) is 0 Å². The Hall–Kier alpha value is -2.89. The summed E-state index contributed by atoms with van der Waals surface area (Å²) in [4.78, 5) is 22.5. The van der Waals surface area contributed by atoms with Crippen LogP contribution in [0.1, 0.15) is 24.2 Å². The SMILES string of the molecule is CC(C)Oc1ccc(NC(=O)c2ccccc2[N+](=O)[O-])cc1. The number of nitrogens with one attached hydrogen (secondary N) is 1. The maximum Gasteiger partial charge on any atom is 0.282 e. The zero-order chi connectivity index (χ0) is 16.1. The first-order chi connectivity index (χ1) is 10.5. The molecule has 0 radical (unpaired) electrons. The molecule has 0 bridgehead atoms. The van der Waals surface area contributed by atoms with Crippen LogP contribution in [-0.2, 0) is 0 Å². The minimum absolute atomic E-state index is 0.0232. The molecule has 2 aromatic carbocycles. The average molecular weight is 300 g/mol. The van der Waals surface area contributed by atoms with Crippen molar-refractivity contribution >= 4 is 17.3 Å². The van der Waals surface area contributed by atoms with Gasteiger partial charge >= 0.3 is 0 Å². The number of anilines is 1. The van der Waals surface area contributed by atoms with E-state index in [4.69, 9.17) is 4.74 Å². The van der Waals surface area contributed by atoms with E-state index in [2.05, 4.69) is 5.32 Å². The minimum atomic E-state index is -0.575. The van der Waals surface area contributed by atoms with Crippen molar-refractivity contribution in [1.82, 2.24) is 0 Å². The molecule has 6 heteroatoms. The van der Waals surface area contributed by atoms with Crippen LogP contribution in [0.25, 0.3) is 0 Å². The highest BCUT2D eigenvalue weighted by Gasteiger charge is 2.19. The standard InChI is InChI=1S/C16H16N2O4/c1-11(2)22-13-9-7-12(8-10-13)17-16(19)14-5-3-4-6-15(14)18(20)21/h3-11H,1-2H3,(H,17,19). The van der Waals surface area contributed by atoms with Gasteiger partial charge in [-0.1, -0.05) is 12.1 Å². The lowest BCUT2D eigenvalue weighted by Gasteiger charge is -2.10. The summed E-state index contributed by atoms with van der Waals surface area (Å²) in [6, 6.07) is 12.7. The molecule has 0 spiro atoms. The number of para-hydroxylation sites is 1. The van der Waals surface area contributed by atoms with E-state index >= 15 is 0 Å². The lowest BCUT2D eigenvalue weighted by atomic mass is 10.1. The van der Waals surface area contributed by atoms with Crippen LogP contribution in [0.2, 0.25) is 0 Å².